The molecule has 22 heavy (non-hydrogen) atoms. The fraction of sp³-hybridized carbons (Fsp3) is 0.529. The smallest absolute Gasteiger partial charge is 0.307 e. The lowest BCUT2D eigenvalue weighted by Crippen LogP contribution is -2.41. The van der Waals surface area contributed by atoms with Crippen molar-refractivity contribution >= 4 is 18.0 Å². The second-order valence-corrected chi connectivity index (χ2v) is 5.50. The highest BCUT2D eigenvalue weighted by molar-refractivity contribution is 5.91. The van der Waals surface area contributed by atoms with E-state index in [0.29, 0.717) is 12.3 Å². The molecule has 120 valence electrons. The average molecular weight is 305 g/mol. The van der Waals surface area contributed by atoms with Gasteiger partial charge in [-0.3, -0.25) is 9.59 Å². The van der Waals surface area contributed by atoms with Crippen molar-refractivity contribution in [1.29, 1.82) is 0 Å². The van der Waals surface area contributed by atoms with E-state index in [-0.39, 0.29) is 24.3 Å². The molecule has 0 aliphatic heterocycles. The van der Waals surface area contributed by atoms with Gasteiger partial charge in [-0.25, -0.2) is 0 Å². The average Bonchev–Trinajstić information content (AvgIpc) is 3.07. The molecular weight excluding hydrogens is 282 g/mol. The number of hydrogen-bond donors (Lipinski definition) is 0. The molecule has 2 rings (SSSR count). The number of carbonyl (C=O) groups excluding carboxylic acids is 2. The van der Waals surface area contributed by atoms with Crippen molar-refractivity contribution < 1.29 is 18.7 Å². The third-order valence-corrected chi connectivity index (χ3v) is 4.02. The van der Waals surface area contributed by atoms with E-state index < -0.39 is 0 Å². The van der Waals surface area contributed by atoms with Gasteiger partial charge in [0.05, 0.1) is 19.8 Å². The van der Waals surface area contributed by atoms with E-state index >= 15 is 0 Å². The predicted octanol–water partition coefficient (Wildman–Crippen LogP) is 3.02. The molecular formula is C17H23NO4. The van der Waals surface area contributed by atoms with E-state index in [1.165, 1.54) is 19.6 Å². The lowest BCUT2D eigenvalue weighted by atomic mass is 9.94. The monoisotopic (exact) mass is 305 g/mol. The van der Waals surface area contributed by atoms with Gasteiger partial charge in [-0.05, 0) is 31.1 Å². The van der Waals surface area contributed by atoms with Crippen LogP contribution in [0.3, 0.4) is 0 Å². The first-order valence-corrected chi connectivity index (χ1v) is 7.79. The molecule has 1 aliphatic carbocycles. The Morgan fingerprint density at radius 2 is 2.14 bits per heavy atom. The van der Waals surface area contributed by atoms with E-state index in [9.17, 15) is 9.59 Å². The van der Waals surface area contributed by atoms with Crippen LogP contribution in [-0.2, 0) is 14.3 Å². The molecule has 1 fully saturated rings. The van der Waals surface area contributed by atoms with E-state index in [1.54, 1.807) is 29.4 Å². The van der Waals surface area contributed by atoms with Crippen molar-refractivity contribution in [1.82, 2.24) is 4.90 Å². The molecule has 0 spiro atoms. The van der Waals surface area contributed by atoms with Crippen molar-refractivity contribution in [2.24, 2.45) is 0 Å². The van der Waals surface area contributed by atoms with Gasteiger partial charge in [0.2, 0.25) is 5.91 Å². The number of ether oxygens (including phenoxy) is 1. The van der Waals surface area contributed by atoms with Crippen LogP contribution in [0.25, 0.3) is 6.08 Å². The van der Waals surface area contributed by atoms with Crippen LogP contribution in [0.2, 0.25) is 0 Å². The van der Waals surface area contributed by atoms with Gasteiger partial charge in [0.15, 0.2) is 0 Å². The minimum Gasteiger partial charge on any atom is -0.469 e. The Balaban J connectivity index is 2.01. The highest BCUT2D eigenvalue weighted by Gasteiger charge is 2.24. The molecule has 1 aliphatic rings. The maximum absolute atomic E-state index is 12.5. The van der Waals surface area contributed by atoms with E-state index in [0.717, 1.165) is 25.7 Å². The maximum Gasteiger partial charge on any atom is 0.307 e. The van der Waals surface area contributed by atoms with Gasteiger partial charge in [0.1, 0.15) is 5.76 Å². The second-order valence-electron chi connectivity index (χ2n) is 5.50. The molecule has 0 bridgehead atoms. The van der Waals surface area contributed by atoms with Crippen LogP contribution in [0.15, 0.2) is 28.9 Å². The Kier molecular flexibility index (Phi) is 6.25. The summed E-state index contributed by atoms with van der Waals surface area (Å²) in [5.41, 5.74) is 0. The highest BCUT2D eigenvalue weighted by Crippen LogP contribution is 2.23. The lowest BCUT2D eigenvalue weighted by Gasteiger charge is -2.33. The zero-order valence-electron chi connectivity index (χ0n) is 13.0. The molecule has 0 unspecified atom stereocenters. The molecule has 5 nitrogen and oxygen atoms in total. The van der Waals surface area contributed by atoms with Gasteiger partial charge in [0.25, 0.3) is 0 Å². The van der Waals surface area contributed by atoms with Crippen LogP contribution in [-0.4, -0.2) is 36.5 Å². The molecule has 0 atom stereocenters. The number of rotatable bonds is 6. The Hall–Kier alpha value is -2.04. The molecule has 1 aromatic heterocycles. The predicted molar refractivity (Wildman–Crippen MR) is 83.0 cm³/mol. The topological polar surface area (TPSA) is 59.8 Å². The molecule has 1 saturated carbocycles. The normalized spacial score (nSPS) is 15.9. The molecule has 5 heteroatoms. The quantitative estimate of drug-likeness (QED) is 0.599. The van der Waals surface area contributed by atoms with Crippen LogP contribution in [0.4, 0.5) is 0 Å². The summed E-state index contributed by atoms with van der Waals surface area (Å²) in [5.74, 6) is 0.278. The van der Waals surface area contributed by atoms with E-state index in [1.807, 2.05) is 0 Å². The van der Waals surface area contributed by atoms with Crippen LogP contribution >= 0.6 is 0 Å². The first kappa shape index (κ1) is 16.3. The van der Waals surface area contributed by atoms with Crippen molar-refractivity contribution in [3.63, 3.8) is 0 Å². The van der Waals surface area contributed by atoms with Crippen LogP contribution in [0.1, 0.15) is 44.3 Å². The molecule has 0 N–H and O–H groups in total. The first-order valence-electron chi connectivity index (χ1n) is 7.79. The summed E-state index contributed by atoms with van der Waals surface area (Å²) < 4.78 is 9.87. The van der Waals surface area contributed by atoms with Gasteiger partial charge >= 0.3 is 5.97 Å². The van der Waals surface area contributed by atoms with Crippen molar-refractivity contribution in [3.8, 4) is 0 Å². The summed E-state index contributed by atoms with van der Waals surface area (Å²) in [5, 5.41) is 0. The molecule has 1 heterocycles. The third-order valence-electron chi connectivity index (χ3n) is 4.02. The van der Waals surface area contributed by atoms with Gasteiger partial charge in [-0.1, -0.05) is 19.3 Å². The second kappa shape index (κ2) is 8.41. The van der Waals surface area contributed by atoms with E-state index in [2.05, 4.69) is 4.74 Å². The number of esters is 1. The summed E-state index contributed by atoms with van der Waals surface area (Å²) in [6.45, 7) is 0.401. The summed E-state index contributed by atoms with van der Waals surface area (Å²) in [6.07, 6.45) is 10.5. The van der Waals surface area contributed by atoms with Crippen molar-refractivity contribution in [2.75, 3.05) is 13.7 Å². The summed E-state index contributed by atoms with van der Waals surface area (Å²) in [7, 11) is 1.37. The van der Waals surface area contributed by atoms with Crippen LogP contribution < -0.4 is 0 Å². The maximum atomic E-state index is 12.5. The molecule has 0 aromatic carbocycles. The van der Waals surface area contributed by atoms with Crippen molar-refractivity contribution in [3.05, 3.63) is 30.2 Å². The van der Waals surface area contributed by atoms with Crippen LogP contribution in [0.5, 0.6) is 0 Å². The number of hydrogen-bond acceptors (Lipinski definition) is 4. The third kappa shape index (κ3) is 4.76. The summed E-state index contributed by atoms with van der Waals surface area (Å²) >= 11 is 0. The standard InChI is InChI=1S/C17H23NO4/c1-21-17(20)11-12-18(14-6-3-2-4-7-14)16(19)10-9-15-8-5-13-22-15/h5,8-10,13-14H,2-4,6-7,11-12H2,1H3/b10-9+. The Labute approximate surface area is 130 Å². The van der Waals surface area contributed by atoms with Crippen LogP contribution in [0, 0.1) is 0 Å². The molecule has 1 amide bonds. The fourth-order valence-corrected chi connectivity index (χ4v) is 2.81. The minimum absolute atomic E-state index is 0.0767. The molecule has 1 aromatic rings. The minimum atomic E-state index is -0.288. The Morgan fingerprint density at radius 1 is 1.36 bits per heavy atom. The van der Waals surface area contributed by atoms with E-state index in [4.69, 9.17) is 4.42 Å². The largest absolute Gasteiger partial charge is 0.469 e. The Bertz CT molecular complexity index is 501. The number of nitrogens with zero attached hydrogens (tertiary/aromatic N) is 1. The number of amides is 1. The SMILES string of the molecule is COC(=O)CCN(C(=O)/C=C/c1ccco1)C1CCCCC1. The molecule has 0 saturated heterocycles. The van der Waals surface area contributed by atoms with Gasteiger partial charge in [0, 0.05) is 18.7 Å². The first-order chi connectivity index (χ1) is 10.7. The highest BCUT2D eigenvalue weighted by atomic mass is 16.5. The number of furan rings is 1. The van der Waals surface area contributed by atoms with Gasteiger partial charge in [-0.2, -0.15) is 0 Å². The number of carbonyl (C=O) groups is 2. The summed E-state index contributed by atoms with van der Waals surface area (Å²) in [6, 6.07) is 3.79. The lowest BCUT2D eigenvalue weighted by molar-refractivity contribution is -0.141. The fourth-order valence-electron chi connectivity index (χ4n) is 2.81. The Morgan fingerprint density at radius 3 is 2.77 bits per heavy atom. The summed E-state index contributed by atoms with van der Waals surface area (Å²) in [4.78, 5) is 25.7. The zero-order valence-corrected chi connectivity index (χ0v) is 13.0. The zero-order chi connectivity index (χ0) is 15.8. The van der Waals surface area contributed by atoms with Gasteiger partial charge < -0.3 is 14.1 Å². The number of methoxy groups -OCH3 is 1. The van der Waals surface area contributed by atoms with Gasteiger partial charge in [-0.15, -0.1) is 0 Å². The van der Waals surface area contributed by atoms with Crippen molar-refractivity contribution in [2.45, 2.75) is 44.6 Å². The molecule has 0 radical (unpaired) electrons.